The van der Waals surface area contributed by atoms with Crippen molar-refractivity contribution in [2.45, 2.75) is 13.0 Å². The predicted octanol–water partition coefficient (Wildman–Crippen LogP) is 0.206. The summed E-state index contributed by atoms with van der Waals surface area (Å²) >= 11 is 0. The maximum atomic E-state index is 11.5. The zero-order valence-electron chi connectivity index (χ0n) is 9.47. The molecule has 0 aliphatic heterocycles. The summed E-state index contributed by atoms with van der Waals surface area (Å²) in [6.07, 6.45) is 0.746. The highest BCUT2D eigenvalue weighted by Gasteiger charge is 2.25. The summed E-state index contributed by atoms with van der Waals surface area (Å²) in [5, 5.41) is 10.7. The van der Waals surface area contributed by atoms with Crippen LogP contribution in [0.2, 0.25) is 0 Å². The number of hydrogen-bond donors (Lipinski definition) is 1. The Balaban J connectivity index is 4.01. The normalized spacial score (nSPS) is 14.4. The van der Waals surface area contributed by atoms with E-state index in [0.29, 0.717) is 6.61 Å². The molecule has 2 atom stereocenters. The van der Waals surface area contributed by atoms with Crippen molar-refractivity contribution in [3.63, 3.8) is 0 Å². The minimum atomic E-state index is -0.838. The van der Waals surface area contributed by atoms with Gasteiger partial charge in [-0.1, -0.05) is 13.0 Å². The first-order chi connectivity index (χ1) is 7.04. The van der Waals surface area contributed by atoms with Crippen LogP contribution >= 0.6 is 0 Å². The smallest absolute Gasteiger partial charge is 0.251 e. The fourth-order valence-corrected chi connectivity index (χ4v) is 0.958. The molecule has 1 amide bonds. The van der Waals surface area contributed by atoms with Crippen LogP contribution in [0.1, 0.15) is 6.92 Å². The van der Waals surface area contributed by atoms with Crippen molar-refractivity contribution in [1.82, 2.24) is 5.06 Å². The van der Waals surface area contributed by atoms with Gasteiger partial charge in [-0.25, -0.2) is 5.06 Å². The Morgan fingerprint density at radius 2 is 2.27 bits per heavy atom. The Hall–Kier alpha value is -0.910. The summed E-state index contributed by atoms with van der Waals surface area (Å²) in [6, 6.07) is 0. The van der Waals surface area contributed by atoms with E-state index in [-0.39, 0.29) is 12.5 Å². The third kappa shape index (κ3) is 4.92. The van der Waals surface area contributed by atoms with Crippen LogP contribution in [0.3, 0.4) is 0 Å². The van der Waals surface area contributed by atoms with E-state index in [1.165, 1.54) is 14.2 Å². The van der Waals surface area contributed by atoms with E-state index in [9.17, 15) is 9.90 Å². The van der Waals surface area contributed by atoms with Crippen LogP contribution in [0.4, 0.5) is 0 Å². The number of aliphatic hydroxyl groups excluding tert-OH is 1. The molecule has 0 bridgehead atoms. The lowest BCUT2D eigenvalue weighted by Crippen LogP contribution is -2.38. The summed E-state index contributed by atoms with van der Waals surface area (Å²) in [4.78, 5) is 16.2. The molecule has 0 aromatic rings. The Morgan fingerprint density at radius 3 is 2.73 bits per heavy atom. The molecule has 88 valence electrons. The lowest BCUT2D eigenvalue weighted by atomic mass is 10.1. The first-order valence-corrected chi connectivity index (χ1v) is 4.73. The van der Waals surface area contributed by atoms with Crippen molar-refractivity contribution in [1.29, 1.82) is 0 Å². The van der Waals surface area contributed by atoms with Gasteiger partial charge in [-0.3, -0.25) is 9.63 Å². The first-order valence-electron chi connectivity index (χ1n) is 4.73. The summed E-state index contributed by atoms with van der Waals surface area (Å²) in [7, 11) is 2.89. The van der Waals surface area contributed by atoms with Crippen molar-refractivity contribution < 1.29 is 19.5 Å². The number of ether oxygens (including phenoxy) is 1. The summed E-state index contributed by atoms with van der Waals surface area (Å²) < 4.78 is 5.05. The molecule has 0 fully saturated rings. The van der Waals surface area contributed by atoms with E-state index in [1.54, 1.807) is 13.0 Å². The molecule has 1 N–H and O–H groups in total. The zero-order chi connectivity index (χ0) is 11.8. The van der Waals surface area contributed by atoms with Crippen molar-refractivity contribution in [2.75, 3.05) is 27.4 Å². The second kappa shape index (κ2) is 7.39. The predicted molar refractivity (Wildman–Crippen MR) is 56.0 cm³/mol. The fourth-order valence-electron chi connectivity index (χ4n) is 0.958. The van der Waals surface area contributed by atoms with Gasteiger partial charge >= 0.3 is 0 Å². The van der Waals surface area contributed by atoms with Gasteiger partial charge in [0.05, 0.1) is 32.3 Å². The van der Waals surface area contributed by atoms with E-state index in [2.05, 4.69) is 6.58 Å². The minimum absolute atomic E-state index is 0.108. The number of aliphatic hydroxyl groups is 1. The molecular weight excluding hydrogens is 198 g/mol. The summed E-state index contributed by atoms with van der Waals surface area (Å²) in [6.45, 7) is 5.57. The Kier molecular flexibility index (Phi) is 6.94. The van der Waals surface area contributed by atoms with E-state index >= 15 is 0 Å². The third-order valence-corrected chi connectivity index (χ3v) is 2.08. The van der Waals surface area contributed by atoms with Gasteiger partial charge in [0.25, 0.3) is 5.91 Å². The van der Waals surface area contributed by atoms with Gasteiger partial charge < -0.3 is 9.84 Å². The molecule has 0 aliphatic rings. The van der Waals surface area contributed by atoms with Crippen molar-refractivity contribution in [3.05, 3.63) is 12.7 Å². The molecule has 0 saturated carbocycles. The van der Waals surface area contributed by atoms with Crippen LogP contribution in [-0.2, 0) is 14.4 Å². The van der Waals surface area contributed by atoms with E-state index in [4.69, 9.17) is 9.57 Å². The summed E-state index contributed by atoms with van der Waals surface area (Å²) in [5.41, 5.74) is 0. The first kappa shape index (κ1) is 14.1. The number of hydrogen-bond acceptors (Lipinski definition) is 4. The molecule has 0 aliphatic carbocycles. The Morgan fingerprint density at radius 1 is 1.67 bits per heavy atom. The van der Waals surface area contributed by atoms with Crippen LogP contribution in [0.25, 0.3) is 0 Å². The minimum Gasteiger partial charge on any atom is -0.390 e. The monoisotopic (exact) mass is 217 g/mol. The van der Waals surface area contributed by atoms with Crippen LogP contribution < -0.4 is 0 Å². The standard InChI is InChI=1S/C10H19NO4/c1-5-6-15-7-9(12)8(2)10(13)11(3)14-4/h5,8-9,12H,1,6-7H2,2-4H3/t8-,9+/m1/s1. The molecule has 15 heavy (non-hydrogen) atoms. The molecular formula is C10H19NO4. The highest BCUT2D eigenvalue weighted by atomic mass is 16.7. The number of rotatable bonds is 7. The van der Waals surface area contributed by atoms with Crippen LogP contribution in [-0.4, -0.2) is 49.6 Å². The highest BCUT2D eigenvalue weighted by molar-refractivity contribution is 5.77. The maximum Gasteiger partial charge on any atom is 0.251 e. The van der Waals surface area contributed by atoms with Crippen LogP contribution in [0.5, 0.6) is 0 Å². The van der Waals surface area contributed by atoms with Crippen molar-refractivity contribution in [3.8, 4) is 0 Å². The SMILES string of the molecule is C=CCOC[C@H](O)[C@@H](C)C(=O)N(C)OC. The van der Waals surface area contributed by atoms with Gasteiger partial charge in [0.15, 0.2) is 0 Å². The van der Waals surface area contributed by atoms with Crippen LogP contribution in [0.15, 0.2) is 12.7 Å². The lowest BCUT2D eigenvalue weighted by Gasteiger charge is -2.22. The second-order valence-electron chi connectivity index (χ2n) is 3.20. The maximum absolute atomic E-state index is 11.5. The molecule has 0 spiro atoms. The number of nitrogens with zero attached hydrogens (tertiary/aromatic N) is 1. The molecule has 0 aromatic carbocycles. The molecule has 0 aromatic heterocycles. The van der Waals surface area contributed by atoms with E-state index in [0.717, 1.165) is 5.06 Å². The van der Waals surface area contributed by atoms with Crippen LogP contribution in [0, 0.1) is 5.92 Å². The quantitative estimate of drug-likeness (QED) is 0.376. The van der Waals surface area contributed by atoms with Gasteiger partial charge in [-0.05, 0) is 0 Å². The van der Waals surface area contributed by atoms with E-state index < -0.39 is 12.0 Å². The zero-order valence-corrected chi connectivity index (χ0v) is 9.47. The average molecular weight is 217 g/mol. The number of amides is 1. The average Bonchev–Trinajstić information content (AvgIpc) is 2.26. The van der Waals surface area contributed by atoms with Gasteiger partial charge in [0.1, 0.15) is 0 Å². The highest BCUT2D eigenvalue weighted by Crippen LogP contribution is 2.07. The molecule has 0 saturated heterocycles. The number of carbonyl (C=O) groups excluding carboxylic acids is 1. The van der Waals surface area contributed by atoms with Gasteiger partial charge in [-0.2, -0.15) is 0 Å². The lowest BCUT2D eigenvalue weighted by molar-refractivity contribution is -0.177. The van der Waals surface area contributed by atoms with E-state index in [1.807, 2.05) is 0 Å². The largest absolute Gasteiger partial charge is 0.390 e. The molecule has 5 nitrogen and oxygen atoms in total. The molecule has 0 unspecified atom stereocenters. The molecule has 0 heterocycles. The Labute approximate surface area is 90.2 Å². The van der Waals surface area contributed by atoms with Crippen molar-refractivity contribution in [2.24, 2.45) is 5.92 Å². The molecule has 5 heteroatoms. The molecule has 0 radical (unpaired) electrons. The van der Waals surface area contributed by atoms with Gasteiger partial charge in [0.2, 0.25) is 0 Å². The second-order valence-corrected chi connectivity index (χ2v) is 3.20. The Bertz CT molecular complexity index is 208. The third-order valence-electron chi connectivity index (χ3n) is 2.08. The fraction of sp³-hybridized carbons (Fsp3) is 0.700. The molecule has 0 rings (SSSR count). The summed E-state index contributed by atoms with van der Waals surface area (Å²) in [5.74, 6) is -0.841. The van der Waals surface area contributed by atoms with Gasteiger partial charge in [-0.15, -0.1) is 6.58 Å². The van der Waals surface area contributed by atoms with Crippen molar-refractivity contribution >= 4 is 5.91 Å². The number of carbonyl (C=O) groups is 1. The van der Waals surface area contributed by atoms with Gasteiger partial charge in [0, 0.05) is 7.05 Å². The number of hydroxylamine groups is 2. The topological polar surface area (TPSA) is 59.0 Å².